The maximum absolute atomic E-state index is 5.00. The van der Waals surface area contributed by atoms with Crippen molar-refractivity contribution in [3.8, 4) is 0 Å². The number of hydrogen-bond donors (Lipinski definition) is 1. The molecular weight excluding hydrogens is 714 g/mol. The average molecular weight is 809 g/mol. The van der Waals surface area contributed by atoms with Crippen molar-refractivity contribution >= 4 is 11.6 Å². The Bertz CT molecular complexity index is 1080. The van der Waals surface area contributed by atoms with Gasteiger partial charge in [-0.3, -0.25) is 0 Å². The Kier molecular flexibility index (Phi) is 52.6. The van der Waals surface area contributed by atoms with Crippen LogP contribution in [-0.2, 0) is 25.7 Å². The monoisotopic (exact) mass is 808 g/mol. The molecule has 0 saturated heterocycles. The second-order valence-electron chi connectivity index (χ2n) is 13.1. The number of benzene rings is 4. The molecule has 0 unspecified atom stereocenters. The van der Waals surface area contributed by atoms with Gasteiger partial charge >= 0.3 is 0 Å². The van der Waals surface area contributed by atoms with Crippen molar-refractivity contribution in [2.75, 3.05) is 61.3 Å². The van der Waals surface area contributed by atoms with Gasteiger partial charge in [-0.25, -0.2) is 0 Å². The summed E-state index contributed by atoms with van der Waals surface area (Å²) in [5.41, 5.74) is 11.9. The predicted molar refractivity (Wildman–Crippen MR) is 267 cm³/mol. The van der Waals surface area contributed by atoms with Crippen molar-refractivity contribution in [3.63, 3.8) is 0 Å². The van der Waals surface area contributed by atoms with E-state index in [0.29, 0.717) is 0 Å². The molecule has 0 amide bonds. The van der Waals surface area contributed by atoms with E-state index in [1.165, 1.54) is 50.9 Å². The highest BCUT2D eigenvalue weighted by atomic mass is 35.5. The Labute approximate surface area is 363 Å². The zero-order valence-corrected chi connectivity index (χ0v) is 42.0. The molecule has 4 heteroatoms. The van der Waals surface area contributed by atoms with Crippen LogP contribution in [0.15, 0.2) is 97.1 Å². The fourth-order valence-electron chi connectivity index (χ4n) is 4.43. The number of alkyl halides is 1. The van der Waals surface area contributed by atoms with E-state index < -0.39 is 0 Å². The number of nitrogens with one attached hydrogen (secondary N) is 1. The minimum absolute atomic E-state index is 0.722. The maximum atomic E-state index is 5.00. The summed E-state index contributed by atoms with van der Waals surface area (Å²) in [5, 5.41) is 2.75. The lowest BCUT2D eigenvalue weighted by molar-refractivity contribution is 0.434. The van der Waals surface area contributed by atoms with Gasteiger partial charge in [-0.15, -0.1) is 11.6 Å². The molecule has 1 N–H and O–H groups in total. The third-order valence-electron chi connectivity index (χ3n) is 8.08. The van der Waals surface area contributed by atoms with E-state index in [1.54, 1.807) is 0 Å². The van der Waals surface area contributed by atoms with Gasteiger partial charge in [0.25, 0.3) is 0 Å². The van der Waals surface area contributed by atoms with Gasteiger partial charge in [0.15, 0.2) is 0 Å². The summed E-state index contributed by atoms with van der Waals surface area (Å²) < 4.78 is 0. The van der Waals surface area contributed by atoms with E-state index in [1.807, 2.05) is 76.4 Å². The van der Waals surface area contributed by atoms with E-state index in [0.717, 1.165) is 50.6 Å². The van der Waals surface area contributed by atoms with Crippen molar-refractivity contribution in [2.24, 2.45) is 5.92 Å². The normalized spacial score (nSPS) is 10.0. The van der Waals surface area contributed by atoms with Gasteiger partial charge in [0, 0.05) is 5.88 Å². The highest BCUT2D eigenvalue weighted by Gasteiger charge is 2.14. The molecule has 2 aliphatic rings. The molecular formula is C53H94ClN3. The molecule has 3 nitrogen and oxygen atoms in total. The molecule has 328 valence electrons. The summed E-state index contributed by atoms with van der Waals surface area (Å²) in [5.74, 6) is 1.61. The fraction of sp³-hybridized carbons (Fsp3) is 0.547. The lowest BCUT2D eigenvalue weighted by Crippen LogP contribution is -2.08. The van der Waals surface area contributed by atoms with Crippen LogP contribution in [0.25, 0.3) is 0 Å². The van der Waals surface area contributed by atoms with E-state index in [9.17, 15) is 0 Å². The van der Waals surface area contributed by atoms with E-state index in [2.05, 4.69) is 175 Å². The van der Waals surface area contributed by atoms with Crippen LogP contribution in [0.4, 0.5) is 0 Å². The number of rotatable bonds is 3. The molecule has 0 heterocycles. The number of nitrogens with zero attached hydrogens (tertiary/aromatic N) is 2. The fourth-order valence-corrected chi connectivity index (χ4v) is 4.43. The first-order valence-corrected chi connectivity index (χ1v) is 22.8. The minimum atomic E-state index is 0.722. The van der Waals surface area contributed by atoms with Gasteiger partial charge in [0.1, 0.15) is 0 Å². The first-order chi connectivity index (χ1) is 27.5. The summed E-state index contributed by atoms with van der Waals surface area (Å²) in [6, 6.07) is 35.0. The largest absolute Gasteiger partial charge is 0.323 e. The molecule has 0 atom stereocenters. The molecule has 6 rings (SSSR count). The number of hydrogen-bond acceptors (Lipinski definition) is 3. The molecule has 4 aromatic rings. The van der Waals surface area contributed by atoms with Crippen LogP contribution in [0.1, 0.15) is 148 Å². The zero-order chi connectivity index (χ0) is 45.0. The SMILES string of the molecule is CC.CC.CC.CC.CCC(C)C.CCCl.CCN(C)C.CCN(C)C.CNC.c1ccc2c(c1)Cc1ccccc1C2.c1ccc2c(c1)Cc1ccccc1C2. The van der Waals surface area contributed by atoms with Crippen LogP contribution in [-0.4, -0.2) is 71.1 Å². The second kappa shape index (κ2) is 47.4. The Hall–Kier alpha value is -2.95. The summed E-state index contributed by atoms with van der Waals surface area (Å²) >= 11 is 5.00. The zero-order valence-electron chi connectivity index (χ0n) is 41.2. The van der Waals surface area contributed by atoms with E-state index in [-0.39, 0.29) is 0 Å². The molecule has 0 spiro atoms. The van der Waals surface area contributed by atoms with Crippen LogP contribution >= 0.6 is 11.6 Å². The Morgan fingerprint density at radius 3 is 0.614 bits per heavy atom. The molecule has 0 fully saturated rings. The first kappa shape index (κ1) is 63.2. The Morgan fingerprint density at radius 1 is 0.439 bits per heavy atom. The molecule has 0 saturated carbocycles. The third-order valence-corrected chi connectivity index (χ3v) is 8.08. The molecule has 0 bridgehead atoms. The van der Waals surface area contributed by atoms with Gasteiger partial charge in [-0.05, 0) is 131 Å². The predicted octanol–water partition coefficient (Wildman–Crippen LogP) is 14.7. The van der Waals surface area contributed by atoms with Crippen molar-refractivity contribution in [1.29, 1.82) is 0 Å². The summed E-state index contributed by atoms with van der Waals surface area (Å²) in [4.78, 5) is 4.25. The van der Waals surface area contributed by atoms with Gasteiger partial charge in [0.05, 0.1) is 0 Å². The van der Waals surface area contributed by atoms with Crippen molar-refractivity contribution in [3.05, 3.63) is 142 Å². The maximum Gasteiger partial charge on any atom is 0.0195 e. The van der Waals surface area contributed by atoms with Crippen LogP contribution in [0.2, 0.25) is 0 Å². The Morgan fingerprint density at radius 2 is 0.544 bits per heavy atom. The van der Waals surface area contributed by atoms with Gasteiger partial charge in [-0.1, -0.05) is 200 Å². The quantitative estimate of drug-likeness (QED) is 0.180. The first-order valence-electron chi connectivity index (χ1n) is 22.2. The molecule has 0 aliphatic heterocycles. The summed E-state index contributed by atoms with van der Waals surface area (Å²) in [7, 11) is 12.0. The topological polar surface area (TPSA) is 18.5 Å². The number of fused-ring (bicyclic) bond motifs is 4. The molecule has 0 aromatic heterocycles. The standard InChI is InChI=1S/2C14H12.C5H12.2C4H11N.C2H5Cl.C2H7N.4C2H6/c2*1-2-6-12-10-14-8-4-3-7-13(14)9-11(12)5-1;3*1-4-5(2)3;1-2-3;1-3-2;4*1-2/h2*1-8H,9-10H2;5H,4H2,1-3H3;2*4H2,1-3H3;2H2,1H3;3H,1-2H3;4*1-2H3. The van der Waals surface area contributed by atoms with Crippen LogP contribution in [0.3, 0.4) is 0 Å². The number of halogens is 1. The molecule has 2 aliphatic carbocycles. The minimum Gasteiger partial charge on any atom is -0.323 e. The smallest absolute Gasteiger partial charge is 0.0195 e. The lowest BCUT2D eigenvalue weighted by atomic mass is 9.86. The Balaban J connectivity index is -0.000000194. The lowest BCUT2D eigenvalue weighted by Gasteiger charge is -2.18. The second-order valence-corrected chi connectivity index (χ2v) is 13.7. The average Bonchev–Trinajstić information content (AvgIpc) is 3.26. The van der Waals surface area contributed by atoms with Crippen molar-refractivity contribution in [1.82, 2.24) is 15.1 Å². The van der Waals surface area contributed by atoms with Crippen LogP contribution in [0, 0.1) is 5.92 Å². The van der Waals surface area contributed by atoms with E-state index >= 15 is 0 Å². The summed E-state index contributed by atoms with van der Waals surface area (Å²) in [6.45, 7) is 31.1. The van der Waals surface area contributed by atoms with Crippen LogP contribution in [0.5, 0.6) is 0 Å². The molecule has 57 heavy (non-hydrogen) atoms. The molecule has 0 radical (unpaired) electrons. The highest BCUT2D eigenvalue weighted by Crippen LogP contribution is 2.27. The van der Waals surface area contributed by atoms with Crippen molar-refractivity contribution in [2.45, 2.75) is 129 Å². The van der Waals surface area contributed by atoms with Gasteiger partial charge < -0.3 is 15.1 Å². The van der Waals surface area contributed by atoms with E-state index in [4.69, 9.17) is 11.6 Å². The third kappa shape index (κ3) is 34.8. The highest BCUT2D eigenvalue weighted by molar-refractivity contribution is 6.17. The van der Waals surface area contributed by atoms with Gasteiger partial charge in [0.2, 0.25) is 0 Å². The van der Waals surface area contributed by atoms with Crippen molar-refractivity contribution < 1.29 is 0 Å². The van der Waals surface area contributed by atoms with Gasteiger partial charge in [-0.2, -0.15) is 0 Å². The molecule has 4 aromatic carbocycles. The summed E-state index contributed by atoms with van der Waals surface area (Å²) in [6.07, 6.45) is 5.72. The van der Waals surface area contributed by atoms with Crippen LogP contribution < -0.4 is 5.32 Å².